The summed E-state index contributed by atoms with van der Waals surface area (Å²) in [4.78, 5) is 0. The van der Waals surface area contributed by atoms with Crippen LogP contribution in [0.25, 0.3) is 0 Å². The monoisotopic (exact) mass is 154 g/mol. The Morgan fingerprint density at radius 1 is 1.45 bits per heavy atom. The third-order valence-corrected chi connectivity index (χ3v) is 2.60. The molecule has 1 heteroatoms. The van der Waals surface area contributed by atoms with Gasteiger partial charge in [0.25, 0.3) is 0 Å². The van der Waals surface area contributed by atoms with Crippen LogP contribution < -0.4 is 0 Å². The van der Waals surface area contributed by atoms with Crippen LogP contribution in [0.1, 0.15) is 26.2 Å². The van der Waals surface area contributed by atoms with Crippen LogP contribution in [0.4, 0.5) is 0 Å². The van der Waals surface area contributed by atoms with Crippen LogP contribution in [0.3, 0.4) is 0 Å². The van der Waals surface area contributed by atoms with Crippen molar-refractivity contribution in [1.82, 2.24) is 0 Å². The van der Waals surface area contributed by atoms with Gasteiger partial charge in [-0.2, -0.15) is 0 Å². The average molecular weight is 154 g/mol. The van der Waals surface area contributed by atoms with Crippen LogP contribution >= 0.6 is 0 Å². The van der Waals surface area contributed by atoms with Crippen molar-refractivity contribution in [2.45, 2.75) is 26.2 Å². The lowest BCUT2D eigenvalue weighted by molar-refractivity contribution is 0.179. The number of hydrogen-bond acceptors (Lipinski definition) is 1. The molecule has 1 fully saturated rings. The molecular formula is C10H18O. The summed E-state index contributed by atoms with van der Waals surface area (Å²) in [5.41, 5.74) is 0. The second-order valence-corrected chi connectivity index (χ2v) is 3.33. The fraction of sp³-hybridized carbons (Fsp3) is 0.800. The SMILES string of the molecule is C=CCCC1COCC1CC. The van der Waals surface area contributed by atoms with Crippen LogP contribution in [-0.2, 0) is 4.74 Å². The van der Waals surface area contributed by atoms with Crippen LogP contribution in [0.2, 0.25) is 0 Å². The fourth-order valence-corrected chi connectivity index (χ4v) is 1.75. The Kier molecular flexibility index (Phi) is 3.64. The number of hydrogen-bond donors (Lipinski definition) is 0. The molecule has 1 aliphatic heterocycles. The molecule has 2 atom stereocenters. The highest BCUT2D eigenvalue weighted by Gasteiger charge is 2.25. The summed E-state index contributed by atoms with van der Waals surface area (Å²) in [6, 6.07) is 0. The predicted molar refractivity (Wildman–Crippen MR) is 47.5 cm³/mol. The zero-order valence-corrected chi connectivity index (χ0v) is 7.38. The van der Waals surface area contributed by atoms with Gasteiger partial charge >= 0.3 is 0 Å². The second kappa shape index (κ2) is 4.55. The molecule has 1 heterocycles. The third kappa shape index (κ3) is 2.33. The lowest BCUT2D eigenvalue weighted by Crippen LogP contribution is -2.10. The highest BCUT2D eigenvalue weighted by molar-refractivity contribution is 4.77. The van der Waals surface area contributed by atoms with Gasteiger partial charge in [-0.05, 0) is 24.7 Å². The van der Waals surface area contributed by atoms with Crippen molar-refractivity contribution in [2.75, 3.05) is 13.2 Å². The van der Waals surface area contributed by atoms with Crippen LogP contribution in [0, 0.1) is 11.8 Å². The maximum Gasteiger partial charge on any atom is 0.0498 e. The number of allylic oxidation sites excluding steroid dienone is 1. The summed E-state index contributed by atoms with van der Waals surface area (Å²) >= 11 is 0. The van der Waals surface area contributed by atoms with Gasteiger partial charge in [-0.1, -0.05) is 19.4 Å². The summed E-state index contributed by atoms with van der Waals surface area (Å²) in [5.74, 6) is 1.62. The molecule has 0 spiro atoms. The molecule has 0 saturated carbocycles. The Morgan fingerprint density at radius 3 is 2.82 bits per heavy atom. The largest absolute Gasteiger partial charge is 0.381 e. The molecule has 1 aliphatic rings. The first-order valence-electron chi connectivity index (χ1n) is 4.57. The van der Waals surface area contributed by atoms with E-state index in [1.807, 2.05) is 6.08 Å². The highest BCUT2D eigenvalue weighted by atomic mass is 16.5. The quantitative estimate of drug-likeness (QED) is 0.566. The molecule has 1 saturated heterocycles. The maximum atomic E-state index is 5.42. The standard InChI is InChI=1S/C10H18O/c1-3-5-6-10-8-11-7-9(10)4-2/h3,9-10H,1,4-8H2,2H3. The molecule has 0 N–H and O–H groups in total. The van der Waals surface area contributed by atoms with Gasteiger partial charge in [0.1, 0.15) is 0 Å². The van der Waals surface area contributed by atoms with E-state index in [9.17, 15) is 0 Å². The van der Waals surface area contributed by atoms with Crippen molar-refractivity contribution in [2.24, 2.45) is 11.8 Å². The lowest BCUT2D eigenvalue weighted by Gasteiger charge is -2.13. The fourth-order valence-electron chi connectivity index (χ4n) is 1.75. The van der Waals surface area contributed by atoms with Gasteiger partial charge in [-0.15, -0.1) is 6.58 Å². The molecule has 0 amide bonds. The Labute approximate surface area is 69.4 Å². The first kappa shape index (κ1) is 8.79. The number of rotatable bonds is 4. The van der Waals surface area contributed by atoms with Crippen molar-refractivity contribution in [1.29, 1.82) is 0 Å². The maximum absolute atomic E-state index is 5.42. The molecule has 0 radical (unpaired) electrons. The van der Waals surface area contributed by atoms with E-state index in [2.05, 4.69) is 13.5 Å². The molecule has 64 valence electrons. The Balaban J connectivity index is 2.25. The summed E-state index contributed by atoms with van der Waals surface area (Å²) in [6.45, 7) is 7.94. The molecule has 1 rings (SSSR count). The van der Waals surface area contributed by atoms with E-state index in [0.717, 1.165) is 31.5 Å². The van der Waals surface area contributed by atoms with Gasteiger partial charge in [0, 0.05) is 13.2 Å². The van der Waals surface area contributed by atoms with Gasteiger partial charge < -0.3 is 4.74 Å². The molecule has 0 aromatic rings. The minimum atomic E-state index is 0.804. The smallest absolute Gasteiger partial charge is 0.0498 e. The summed E-state index contributed by atoms with van der Waals surface area (Å²) in [6.07, 6.45) is 5.68. The third-order valence-electron chi connectivity index (χ3n) is 2.60. The minimum Gasteiger partial charge on any atom is -0.381 e. The lowest BCUT2D eigenvalue weighted by atomic mass is 9.90. The minimum absolute atomic E-state index is 0.804. The zero-order valence-electron chi connectivity index (χ0n) is 7.38. The number of ether oxygens (including phenoxy) is 1. The molecule has 0 aliphatic carbocycles. The molecule has 2 unspecified atom stereocenters. The first-order chi connectivity index (χ1) is 5.38. The summed E-state index contributed by atoms with van der Waals surface area (Å²) in [5, 5.41) is 0. The van der Waals surface area contributed by atoms with E-state index in [-0.39, 0.29) is 0 Å². The van der Waals surface area contributed by atoms with Crippen molar-refractivity contribution in [3.63, 3.8) is 0 Å². The van der Waals surface area contributed by atoms with E-state index in [4.69, 9.17) is 4.74 Å². The van der Waals surface area contributed by atoms with Crippen molar-refractivity contribution >= 4 is 0 Å². The van der Waals surface area contributed by atoms with E-state index in [1.54, 1.807) is 0 Å². The molecule has 0 aromatic carbocycles. The molecule has 0 aromatic heterocycles. The normalized spacial score (nSPS) is 30.6. The van der Waals surface area contributed by atoms with Gasteiger partial charge in [0.2, 0.25) is 0 Å². The first-order valence-corrected chi connectivity index (χ1v) is 4.57. The van der Waals surface area contributed by atoms with Crippen molar-refractivity contribution in [3.8, 4) is 0 Å². The van der Waals surface area contributed by atoms with Gasteiger partial charge in [0.05, 0.1) is 0 Å². The average Bonchev–Trinajstić information content (AvgIpc) is 2.47. The molecule has 0 bridgehead atoms. The van der Waals surface area contributed by atoms with Gasteiger partial charge in [-0.3, -0.25) is 0 Å². The Morgan fingerprint density at radius 2 is 2.18 bits per heavy atom. The zero-order chi connectivity index (χ0) is 8.10. The molecule has 1 nitrogen and oxygen atoms in total. The van der Waals surface area contributed by atoms with Gasteiger partial charge in [0.15, 0.2) is 0 Å². The predicted octanol–water partition coefficient (Wildman–Crippen LogP) is 2.63. The topological polar surface area (TPSA) is 9.23 Å². The van der Waals surface area contributed by atoms with E-state index < -0.39 is 0 Å². The molecule has 11 heavy (non-hydrogen) atoms. The van der Waals surface area contributed by atoms with E-state index in [1.165, 1.54) is 12.8 Å². The van der Waals surface area contributed by atoms with E-state index in [0.29, 0.717) is 0 Å². The Bertz CT molecular complexity index is 120. The van der Waals surface area contributed by atoms with E-state index >= 15 is 0 Å². The van der Waals surface area contributed by atoms with Crippen molar-refractivity contribution in [3.05, 3.63) is 12.7 Å². The highest BCUT2D eigenvalue weighted by Crippen LogP contribution is 2.27. The Hall–Kier alpha value is -0.300. The van der Waals surface area contributed by atoms with Gasteiger partial charge in [-0.25, -0.2) is 0 Å². The summed E-state index contributed by atoms with van der Waals surface area (Å²) in [7, 11) is 0. The second-order valence-electron chi connectivity index (χ2n) is 3.33. The molecular weight excluding hydrogens is 136 g/mol. The summed E-state index contributed by atoms with van der Waals surface area (Å²) < 4.78 is 5.42. The van der Waals surface area contributed by atoms with Crippen molar-refractivity contribution < 1.29 is 4.74 Å². The van der Waals surface area contributed by atoms with Crippen LogP contribution in [0.15, 0.2) is 12.7 Å². The van der Waals surface area contributed by atoms with Crippen LogP contribution in [0.5, 0.6) is 0 Å². The van der Waals surface area contributed by atoms with Crippen LogP contribution in [-0.4, -0.2) is 13.2 Å².